The number of aromatic nitrogens is 1. The van der Waals surface area contributed by atoms with Crippen molar-refractivity contribution in [3.63, 3.8) is 0 Å². The third kappa shape index (κ3) is 2.30. The van der Waals surface area contributed by atoms with Crippen molar-refractivity contribution in [2.75, 3.05) is 23.5 Å². The van der Waals surface area contributed by atoms with Crippen LogP contribution in [0.15, 0.2) is 30.5 Å². The Hall–Kier alpha value is -1.26. The molecule has 0 amide bonds. The van der Waals surface area contributed by atoms with Gasteiger partial charge in [0, 0.05) is 36.0 Å². The largest absolute Gasteiger partial charge is 0.392 e. The molecule has 1 fully saturated rings. The van der Waals surface area contributed by atoms with Gasteiger partial charge >= 0.3 is 0 Å². The summed E-state index contributed by atoms with van der Waals surface area (Å²) in [4.78, 5) is 6.87. The van der Waals surface area contributed by atoms with Gasteiger partial charge in [0.15, 0.2) is 0 Å². The molecule has 1 aromatic carbocycles. The third-order valence-corrected chi connectivity index (χ3v) is 4.96. The number of anilines is 1. The number of hydrogen-bond donors (Lipinski definition) is 1. The van der Waals surface area contributed by atoms with E-state index in [1.165, 1.54) is 17.9 Å². The van der Waals surface area contributed by atoms with Crippen LogP contribution >= 0.6 is 11.8 Å². The molecule has 0 radical (unpaired) electrons. The molecule has 2 heterocycles. The van der Waals surface area contributed by atoms with Crippen molar-refractivity contribution in [3.05, 3.63) is 36.0 Å². The van der Waals surface area contributed by atoms with Crippen LogP contribution in [0.2, 0.25) is 0 Å². The van der Waals surface area contributed by atoms with Crippen molar-refractivity contribution in [2.24, 2.45) is 0 Å². The first-order valence-corrected chi connectivity index (χ1v) is 7.75. The molecule has 1 aromatic heterocycles. The number of pyridine rings is 1. The first-order chi connectivity index (χ1) is 9.31. The van der Waals surface area contributed by atoms with Gasteiger partial charge in [0.05, 0.1) is 6.61 Å². The fraction of sp³-hybridized carbons (Fsp3) is 0.400. The topological polar surface area (TPSA) is 36.4 Å². The summed E-state index contributed by atoms with van der Waals surface area (Å²) in [7, 11) is 2.13. The lowest BCUT2D eigenvalue weighted by atomic mass is 10.1. The van der Waals surface area contributed by atoms with Crippen molar-refractivity contribution in [1.82, 2.24) is 4.98 Å². The normalized spacial score (nSPS) is 18.9. The first-order valence-electron chi connectivity index (χ1n) is 6.59. The Bertz CT molecular complexity index is 581. The number of rotatable bonds is 3. The maximum atomic E-state index is 9.42. The predicted octanol–water partition coefficient (Wildman–Crippen LogP) is 2.67. The quantitative estimate of drug-likeness (QED) is 0.933. The summed E-state index contributed by atoms with van der Waals surface area (Å²) in [5.41, 5.74) is 0.897. The maximum absolute atomic E-state index is 9.42. The van der Waals surface area contributed by atoms with E-state index in [1.54, 1.807) is 6.20 Å². The molecular formula is C15H18N2OS. The summed E-state index contributed by atoms with van der Waals surface area (Å²) in [5, 5.41) is 11.7. The summed E-state index contributed by atoms with van der Waals surface area (Å²) in [6.07, 6.45) is 3.02. The van der Waals surface area contributed by atoms with Crippen molar-refractivity contribution in [1.29, 1.82) is 0 Å². The molecule has 3 rings (SSSR count). The molecule has 0 saturated carbocycles. The van der Waals surface area contributed by atoms with Crippen LogP contribution in [-0.2, 0) is 6.61 Å². The molecule has 4 heteroatoms. The molecule has 1 aliphatic rings. The van der Waals surface area contributed by atoms with Gasteiger partial charge in [-0.15, -0.1) is 0 Å². The third-order valence-electron chi connectivity index (χ3n) is 3.81. The van der Waals surface area contributed by atoms with Crippen molar-refractivity contribution in [2.45, 2.75) is 19.1 Å². The second-order valence-corrected chi connectivity index (χ2v) is 6.09. The number of nitrogens with zero attached hydrogens (tertiary/aromatic N) is 2. The molecule has 3 nitrogen and oxygen atoms in total. The van der Waals surface area contributed by atoms with E-state index in [4.69, 9.17) is 0 Å². The van der Waals surface area contributed by atoms with Crippen LogP contribution < -0.4 is 4.90 Å². The van der Waals surface area contributed by atoms with Crippen LogP contribution in [0.25, 0.3) is 10.8 Å². The van der Waals surface area contributed by atoms with Crippen molar-refractivity contribution >= 4 is 28.4 Å². The minimum absolute atomic E-state index is 0.0385. The molecule has 1 saturated heterocycles. The van der Waals surface area contributed by atoms with Gasteiger partial charge in [-0.25, -0.2) is 4.98 Å². The number of hydrogen-bond acceptors (Lipinski definition) is 4. The monoisotopic (exact) mass is 274 g/mol. The predicted molar refractivity (Wildman–Crippen MR) is 81.8 cm³/mol. The van der Waals surface area contributed by atoms with Crippen LogP contribution in [0.3, 0.4) is 0 Å². The second kappa shape index (κ2) is 5.39. The number of thioether (sulfide) groups is 1. The van der Waals surface area contributed by atoms with Gasteiger partial charge in [-0.3, -0.25) is 0 Å². The van der Waals surface area contributed by atoms with E-state index in [1.807, 2.05) is 23.9 Å². The minimum atomic E-state index is 0.0385. The maximum Gasteiger partial charge on any atom is 0.136 e. The first kappa shape index (κ1) is 12.8. The van der Waals surface area contributed by atoms with Crippen molar-refractivity contribution in [3.8, 4) is 0 Å². The highest BCUT2D eigenvalue weighted by Crippen LogP contribution is 2.31. The Labute approximate surface area is 117 Å². The molecule has 2 aromatic rings. The fourth-order valence-electron chi connectivity index (χ4n) is 2.64. The van der Waals surface area contributed by atoms with Crippen LogP contribution in [0.5, 0.6) is 0 Å². The molecule has 1 N–H and O–H groups in total. The lowest BCUT2D eigenvalue weighted by molar-refractivity contribution is 0.283. The van der Waals surface area contributed by atoms with E-state index in [0.717, 1.165) is 22.2 Å². The van der Waals surface area contributed by atoms with E-state index in [-0.39, 0.29) is 6.61 Å². The van der Waals surface area contributed by atoms with E-state index < -0.39 is 0 Å². The highest BCUT2D eigenvalue weighted by atomic mass is 32.2. The lowest BCUT2D eigenvalue weighted by Gasteiger charge is -2.26. The Balaban J connectivity index is 2.08. The average molecular weight is 274 g/mol. The number of aliphatic hydroxyl groups is 1. The van der Waals surface area contributed by atoms with Crippen molar-refractivity contribution < 1.29 is 5.11 Å². The molecular weight excluding hydrogens is 256 g/mol. The minimum Gasteiger partial charge on any atom is -0.392 e. The van der Waals surface area contributed by atoms with Crippen LogP contribution in [-0.4, -0.2) is 34.7 Å². The zero-order chi connectivity index (χ0) is 13.2. The Kier molecular flexibility index (Phi) is 3.62. The van der Waals surface area contributed by atoms with Gasteiger partial charge in [0.1, 0.15) is 5.82 Å². The second-order valence-electron chi connectivity index (χ2n) is 4.94. The van der Waals surface area contributed by atoms with Gasteiger partial charge in [0.2, 0.25) is 0 Å². The Morgan fingerprint density at radius 1 is 1.37 bits per heavy atom. The number of fused-ring (bicyclic) bond motifs is 1. The Morgan fingerprint density at radius 3 is 2.84 bits per heavy atom. The SMILES string of the molecule is CN(c1ncc(CO)c2ccccc12)C1CCSC1. The highest BCUT2D eigenvalue weighted by molar-refractivity contribution is 7.99. The van der Waals surface area contributed by atoms with Crippen LogP contribution in [0.4, 0.5) is 5.82 Å². The van der Waals surface area contributed by atoms with Gasteiger partial charge in [-0.05, 0) is 17.6 Å². The van der Waals surface area contributed by atoms with Gasteiger partial charge in [0.25, 0.3) is 0 Å². The zero-order valence-corrected chi connectivity index (χ0v) is 11.9. The summed E-state index contributed by atoms with van der Waals surface area (Å²) < 4.78 is 0. The highest BCUT2D eigenvalue weighted by Gasteiger charge is 2.22. The summed E-state index contributed by atoms with van der Waals surface area (Å²) in [6.45, 7) is 0.0385. The standard InChI is InChI=1S/C15H18N2OS/c1-17(12-6-7-19-10-12)15-14-5-3-2-4-13(14)11(9-18)8-16-15/h2-5,8,12,18H,6-7,9-10H2,1H3. The zero-order valence-electron chi connectivity index (χ0n) is 11.0. The number of aliphatic hydroxyl groups excluding tert-OH is 1. The fourth-order valence-corrected chi connectivity index (χ4v) is 3.91. The molecule has 19 heavy (non-hydrogen) atoms. The Morgan fingerprint density at radius 2 is 2.16 bits per heavy atom. The molecule has 0 spiro atoms. The van der Waals surface area contributed by atoms with E-state index in [9.17, 15) is 5.11 Å². The van der Waals surface area contributed by atoms with E-state index in [0.29, 0.717) is 6.04 Å². The van der Waals surface area contributed by atoms with Crippen LogP contribution in [0.1, 0.15) is 12.0 Å². The van der Waals surface area contributed by atoms with Gasteiger partial charge in [-0.2, -0.15) is 11.8 Å². The van der Waals surface area contributed by atoms with Crippen LogP contribution in [0, 0.1) is 0 Å². The summed E-state index contributed by atoms with van der Waals surface area (Å²) in [5.74, 6) is 3.44. The number of benzene rings is 1. The van der Waals surface area contributed by atoms with Gasteiger partial charge < -0.3 is 10.0 Å². The van der Waals surface area contributed by atoms with E-state index >= 15 is 0 Å². The van der Waals surface area contributed by atoms with E-state index in [2.05, 4.69) is 29.1 Å². The molecule has 100 valence electrons. The van der Waals surface area contributed by atoms with Gasteiger partial charge in [-0.1, -0.05) is 24.3 Å². The molecule has 1 atom stereocenters. The lowest BCUT2D eigenvalue weighted by Crippen LogP contribution is -2.32. The summed E-state index contributed by atoms with van der Waals surface area (Å²) >= 11 is 2.01. The molecule has 1 aliphatic heterocycles. The average Bonchev–Trinajstić information content (AvgIpc) is 2.99. The molecule has 0 bridgehead atoms. The summed E-state index contributed by atoms with van der Waals surface area (Å²) in [6, 6.07) is 8.77. The molecule has 1 unspecified atom stereocenters. The molecule has 0 aliphatic carbocycles. The smallest absolute Gasteiger partial charge is 0.136 e.